The molecule has 4 heteroatoms. The maximum atomic E-state index is 11.7. The van der Waals surface area contributed by atoms with Crippen molar-refractivity contribution in [2.24, 2.45) is 0 Å². The van der Waals surface area contributed by atoms with Crippen molar-refractivity contribution < 1.29 is 0 Å². The van der Waals surface area contributed by atoms with Crippen LogP contribution in [-0.2, 0) is 0 Å². The number of aromatic nitrogens is 2. The van der Waals surface area contributed by atoms with Crippen molar-refractivity contribution in [1.29, 1.82) is 0 Å². The molecule has 14 heavy (non-hydrogen) atoms. The monoisotopic (exact) mass is 252 g/mol. The summed E-state index contributed by atoms with van der Waals surface area (Å²) < 4.78 is 1.31. The fourth-order valence-electron chi connectivity index (χ4n) is 1.46. The number of hydrogen-bond donors (Lipinski definition) is 1. The van der Waals surface area contributed by atoms with Crippen molar-refractivity contribution in [2.75, 3.05) is 0 Å². The molecule has 1 aromatic heterocycles. The highest BCUT2D eigenvalue weighted by atomic mass is 79.9. The van der Waals surface area contributed by atoms with Crippen LogP contribution in [0.15, 0.2) is 35.1 Å². The van der Waals surface area contributed by atoms with Crippen LogP contribution < -0.4 is 5.56 Å². The summed E-state index contributed by atoms with van der Waals surface area (Å²) in [5.74, 6) is 0. The molecule has 0 saturated carbocycles. The molecule has 0 unspecified atom stereocenters. The second-order valence-corrected chi connectivity index (χ2v) is 3.77. The topological polar surface area (TPSA) is 37.8 Å². The largest absolute Gasteiger partial charge is 0.289 e. The van der Waals surface area contributed by atoms with Gasteiger partial charge in [0.25, 0.3) is 5.56 Å². The van der Waals surface area contributed by atoms with Crippen LogP contribution in [0.5, 0.6) is 0 Å². The van der Waals surface area contributed by atoms with Gasteiger partial charge in [0, 0.05) is 5.69 Å². The minimum atomic E-state index is -0.0614. The third kappa shape index (κ3) is 1.42. The number of rotatable bonds is 1. The zero-order chi connectivity index (χ0) is 10.1. The van der Waals surface area contributed by atoms with Crippen molar-refractivity contribution >= 4 is 16.1 Å². The van der Waals surface area contributed by atoms with Gasteiger partial charge in [-0.3, -0.25) is 9.89 Å². The minimum absolute atomic E-state index is 0.0614. The first-order valence-electron chi connectivity index (χ1n) is 4.23. The van der Waals surface area contributed by atoms with Gasteiger partial charge >= 0.3 is 0 Å². The van der Waals surface area contributed by atoms with Gasteiger partial charge in [-0.25, -0.2) is 0 Å². The summed E-state index contributed by atoms with van der Waals surface area (Å²) in [5.41, 5.74) is 2.44. The zero-order valence-electron chi connectivity index (χ0n) is 7.62. The highest BCUT2D eigenvalue weighted by Gasteiger charge is 2.10. The van der Waals surface area contributed by atoms with Gasteiger partial charge in [0.05, 0.1) is 21.7 Å². The van der Waals surface area contributed by atoms with Crippen molar-refractivity contribution in [3.05, 3.63) is 46.4 Å². The number of benzene rings is 1. The molecule has 1 heterocycles. The van der Waals surface area contributed by atoms with Gasteiger partial charge < -0.3 is 0 Å². The van der Waals surface area contributed by atoms with E-state index < -0.39 is 0 Å². The number of aromatic amines is 1. The predicted octanol–water partition coefficient (Wildman–Crippen LogP) is 2.31. The van der Waals surface area contributed by atoms with E-state index in [2.05, 4.69) is 21.2 Å². The summed E-state index contributed by atoms with van der Waals surface area (Å²) in [6, 6.07) is 9.60. The molecule has 2 rings (SSSR count). The van der Waals surface area contributed by atoms with E-state index in [1.54, 1.807) is 0 Å². The number of hydrogen-bond acceptors (Lipinski definition) is 1. The Bertz CT molecular complexity index is 499. The molecule has 3 nitrogen and oxygen atoms in total. The van der Waals surface area contributed by atoms with Crippen molar-refractivity contribution in [2.45, 2.75) is 6.92 Å². The van der Waals surface area contributed by atoms with Crippen LogP contribution in [0.3, 0.4) is 0 Å². The van der Waals surface area contributed by atoms with Crippen LogP contribution in [0.2, 0.25) is 0 Å². The Morgan fingerprint density at radius 3 is 2.43 bits per heavy atom. The summed E-state index contributed by atoms with van der Waals surface area (Å²) in [7, 11) is 0. The molecule has 0 fully saturated rings. The van der Waals surface area contributed by atoms with Gasteiger partial charge in [-0.05, 0) is 12.5 Å². The standard InChI is InChI=1S/C10H9BrN2O/c1-7-9(10(14)13(11)12-7)8-5-3-2-4-6-8/h2-6,12H,1H3. The lowest BCUT2D eigenvalue weighted by molar-refractivity contribution is 0.971. The number of aryl methyl sites for hydroxylation is 1. The average Bonchev–Trinajstić information content (AvgIpc) is 2.43. The Labute approximate surface area is 89.7 Å². The molecular formula is C10H9BrN2O. The molecule has 0 aliphatic carbocycles. The van der Waals surface area contributed by atoms with E-state index in [1.165, 1.54) is 3.71 Å². The summed E-state index contributed by atoms with van der Waals surface area (Å²) in [5, 5.41) is 2.90. The van der Waals surface area contributed by atoms with Crippen molar-refractivity contribution in [3.8, 4) is 11.1 Å². The quantitative estimate of drug-likeness (QED) is 0.831. The van der Waals surface area contributed by atoms with Crippen molar-refractivity contribution in [3.63, 3.8) is 0 Å². The first kappa shape index (κ1) is 9.27. The fourth-order valence-corrected chi connectivity index (χ4v) is 1.90. The summed E-state index contributed by atoms with van der Waals surface area (Å²) >= 11 is 3.11. The normalized spacial score (nSPS) is 10.4. The second kappa shape index (κ2) is 3.46. The Hall–Kier alpha value is -1.29. The molecule has 0 radical (unpaired) electrons. The number of nitrogens with zero attached hydrogens (tertiary/aromatic N) is 1. The van der Waals surface area contributed by atoms with Crippen LogP contribution in [0.4, 0.5) is 0 Å². The van der Waals surface area contributed by atoms with Crippen molar-refractivity contribution in [1.82, 2.24) is 8.81 Å². The van der Waals surface area contributed by atoms with Gasteiger partial charge in [-0.1, -0.05) is 30.3 Å². The molecule has 1 N–H and O–H groups in total. The minimum Gasteiger partial charge on any atom is -0.289 e. The molecule has 1 aromatic carbocycles. The predicted molar refractivity (Wildman–Crippen MR) is 59.6 cm³/mol. The Morgan fingerprint density at radius 1 is 1.29 bits per heavy atom. The lowest BCUT2D eigenvalue weighted by atomic mass is 10.1. The number of H-pyrrole nitrogens is 1. The lowest BCUT2D eigenvalue weighted by Gasteiger charge is -1.95. The third-order valence-corrected chi connectivity index (χ3v) is 2.59. The maximum absolute atomic E-state index is 11.7. The van der Waals surface area contributed by atoms with E-state index in [0.717, 1.165) is 11.3 Å². The van der Waals surface area contributed by atoms with Crippen LogP contribution in [0.25, 0.3) is 11.1 Å². The van der Waals surface area contributed by atoms with Gasteiger partial charge in [0.2, 0.25) is 0 Å². The number of nitrogens with one attached hydrogen (secondary N) is 1. The van der Waals surface area contributed by atoms with Crippen LogP contribution >= 0.6 is 16.1 Å². The highest BCUT2D eigenvalue weighted by Crippen LogP contribution is 2.17. The fraction of sp³-hybridized carbons (Fsp3) is 0.100. The van der Waals surface area contributed by atoms with E-state index in [-0.39, 0.29) is 5.56 Å². The Morgan fingerprint density at radius 2 is 1.93 bits per heavy atom. The molecule has 0 atom stereocenters. The number of halogens is 1. The summed E-state index contributed by atoms with van der Waals surface area (Å²) in [4.78, 5) is 11.7. The molecule has 0 spiro atoms. The Balaban J connectivity index is 2.69. The smallest absolute Gasteiger partial charge is 0.285 e. The SMILES string of the molecule is Cc1[nH]n(Br)c(=O)c1-c1ccccc1. The summed E-state index contributed by atoms with van der Waals surface area (Å²) in [6.45, 7) is 1.88. The highest BCUT2D eigenvalue weighted by molar-refractivity contribution is 9.08. The van der Waals surface area contributed by atoms with E-state index in [9.17, 15) is 4.79 Å². The van der Waals surface area contributed by atoms with Crippen LogP contribution in [-0.4, -0.2) is 8.81 Å². The second-order valence-electron chi connectivity index (χ2n) is 3.06. The Kier molecular flexibility index (Phi) is 2.29. The van der Waals surface area contributed by atoms with E-state index in [1.807, 2.05) is 37.3 Å². The first-order valence-corrected chi connectivity index (χ1v) is 4.94. The third-order valence-electron chi connectivity index (χ3n) is 2.10. The molecule has 72 valence electrons. The molecule has 2 aromatic rings. The van der Waals surface area contributed by atoms with Crippen LogP contribution in [0.1, 0.15) is 5.69 Å². The summed E-state index contributed by atoms with van der Waals surface area (Å²) in [6.07, 6.45) is 0. The van der Waals surface area contributed by atoms with Gasteiger partial charge in [0.15, 0.2) is 0 Å². The molecule has 0 saturated heterocycles. The van der Waals surface area contributed by atoms with Gasteiger partial charge in [-0.15, -0.1) is 0 Å². The molecular weight excluding hydrogens is 244 g/mol. The molecule has 0 aliphatic heterocycles. The van der Waals surface area contributed by atoms with E-state index in [4.69, 9.17) is 0 Å². The maximum Gasteiger partial charge on any atom is 0.285 e. The average molecular weight is 253 g/mol. The van der Waals surface area contributed by atoms with Gasteiger partial charge in [-0.2, -0.15) is 3.71 Å². The van der Waals surface area contributed by atoms with E-state index in [0.29, 0.717) is 5.56 Å². The zero-order valence-corrected chi connectivity index (χ0v) is 9.21. The van der Waals surface area contributed by atoms with E-state index >= 15 is 0 Å². The van der Waals surface area contributed by atoms with Crippen LogP contribution in [0, 0.1) is 6.92 Å². The molecule has 0 aliphatic rings. The van der Waals surface area contributed by atoms with Gasteiger partial charge in [0.1, 0.15) is 0 Å². The molecule has 0 amide bonds. The molecule has 0 bridgehead atoms. The first-order chi connectivity index (χ1) is 6.70. The lowest BCUT2D eigenvalue weighted by Crippen LogP contribution is -2.08.